The SMILES string of the molecule is C=C(C)CN(CC)C(=O)COC(=O)c1cccc(-n2cnnn2)c1. The smallest absolute Gasteiger partial charge is 0.338 e. The first kappa shape index (κ1) is 17.3. The highest BCUT2D eigenvalue weighted by molar-refractivity contribution is 5.91. The van der Waals surface area contributed by atoms with Crippen molar-refractivity contribution in [2.45, 2.75) is 13.8 Å². The zero-order valence-corrected chi connectivity index (χ0v) is 13.7. The predicted molar refractivity (Wildman–Crippen MR) is 86.5 cm³/mol. The zero-order chi connectivity index (χ0) is 17.5. The Morgan fingerprint density at radius 2 is 2.17 bits per heavy atom. The maximum absolute atomic E-state index is 12.1. The van der Waals surface area contributed by atoms with E-state index in [1.807, 2.05) is 13.8 Å². The molecule has 0 radical (unpaired) electrons. The number of hydrogen-bond donors (Lipinski definition) is 0. The molecule has 1 aromatic carbocycles. The van der Waals surface area contributed by atoms with Crippen molar-refractivity contribution in [3.05, 3.63) is 48.3 Å². The molecule has 0 spiro atoms. The van der Waals surface area contributed by atoms with Gasteiger partial charge in [0.2, 0.25) is 0 Å². The third-order valence-electron chi connectivity index (χ3n) is 3.22. The lowest BCUT2D eigenvalue weighted by molar-refractivity contribution is -0.133. The number of carbonyl (C=O) groups is 2. The molecule has 0 aliphatic heterocycles. The molecule has 0 aliphatic carbocycles. The number of rotatable bonds is 7. The van der Waals surface area contributed by atoms with Crippen LogP contribution in [0, 0.1) is 0 Å². The summed E-state index contributed by atoms with van der Waals surface area (Å²) < 4.78 is 6.53. The van der Waals surface area contributed by atoms with Gasteiger partial charge >= 0.3 is 5.97 Å². The van der Waals surface area contributed by atoms with Crippen LogP contribution >= 0.6 is 0 Å². The van der Waals surface area contributed by atoms with Gasteiger partial charge in [-0.25, -0.2) is 9.48 Å². The van der Waals surface area contributed by atoms with Crippen LogP contribution in [0.1, 0.15) is 24.2 Å². The summed E-state index contributed by atoms with van der Waals surface area (Å²) in [5.41, 5.74) is 1.81. The molecule has 126 valence electrons. The molecule has 2 rings (SSSR count). The van der Waals surface area contributed by atoms with Gasteiger partial charge < -0.3 is 9.64 Å². The van der Waals surface area contributed by atoms with Crippen LogP contribution in [-0.4, -0.2) is 56.7 Å². The first-order valence-corrected chi connectivity index (χ1v) is 7.44. The molecular weight excluding hydrogens is 310 g/mol. The Morgan fingerprint density at radius 3 is 2.79 bits per heavy atom. The van der Waals surface area contributed by atoms with Gasteiger partial charge in [-0.1, -0.05) is 18.2 Å². The van der Waals surface area contributed by atoms with E-state index < -0.39 is 5.97 Å². The van der Waals surface area contributed by atoms with E-state index in [4.69, 9.17) is 4.74 Å². The molecule has 8 heteroatoms. The number of benzene rings is 1. The van der Waals surface area contributed by atoms with E-state index >= 15 is 0 Å². The number of aromatic nitrogens is 4. The van der Waals surface area contributed by atoms with Crippen molar-refractivity contribution in [1.29, 1.82) is 0 Å². The fraction of sp³-hybridized carbons (Fsp3) is 0.312. The maximum atomic E-state index is 12.1. The Labute approximate surface area is 139 Å². The third kappa shape index (κ3) is 4.48. The third-order valence-corrected chi connectivity index (χ3v) is 3.22. The molecule has 0 N–H and O–H groups in total. The van der Waals surface area contributed by atoms with Crippen LogP contribution < -0.4 is 0 Å². The average Bonchev–Trinajstić information content (AvgIpc) is 3.11. The average molecular weight is 329 g/mol. The highest BCUT2D eigenvalue weighted by atomic mass is 16.5. The molecule has 0 fully saturated rings. The Morgan fingerprint density at radius 1 is 1.38 bits per heavy atom. The van der Waals surface area contributed by atoms with Gasteiger partial charge in [-0.15, -0.1) is 5.10 Å². The van der Waals surface area contributed by atoms with Crippen molar-refractivity contribution in [2.75, 3.05) is 19.7 Å². The largest absolute Gasteiger partial charge is 0.452 e. The Balaban J connectivity index is 1.99. The number of nitrogens with zero attached hydrogens (tertiary/aromatic N) is 5. The van der Waals surface area contributed by atoms with Gasteiger partial charge in [0.05, 0.1) is 11.3 Å². The van der Waals surface area contributed by atoms with E-state index in [9.17, 15) is 9.59 Å². The van der Waals surface area contributed by atoms with Crippen molar-refractivity contribution in [3.63, 3.8) is 0 Å². The minimum absolute atomic E-state index is 0.259. The first-order valence-electron chi connectivity index (χ1n) is 7.44. The predicted octanol–water partition coefficient (Wildman–Crippen LogP) is 1.24. The van der Waals surface area contributed by atoms with E-state index in [2.05, 4.69) is 22.1 Å². The molecule has 1 amide bonds. The summed E-state index contributed by atoms with van der Waals surface area (Å²) in [6.45, 7) is 8.14. The second-order valence-electron chi connectivity index (χ2n) is 5.25. The minimum Gasteiger partial charge on any atom is -0.452 e. The van der Waals surface area contributed by atoms with Crippen LogP contribution in [0.4, 0.5) is 0 Å². The number of carbonyl (C=O) groups excluding carboxylic acids is 2. The number of likely N-dealkylation sites (N-methyl/N-ethyl adjacent to an activating group) is 1. The monoisotopic (exact) mass is 329 g/mol. The molecule has 1 heterocycles. The summed E-state index contributed by atoms with van der Waals surface area (Å²) in [4.78, 5) is 25.8. The van der Waals surface area contributed by atoms with Crippen molar-refractivity contribution in [1.82, 2.24) is 25.1 Å². The van der Waals surface area contributed by atoms with E-state index in [0.29, 0.717) is 24.3 Å². The number of esters is 1. The quantitative estimate of drug-likeness (QED) is 0.561. The number of ether oxygens (including phenoxy) is 1. The number of tetrazole rings is 1. The minimum atomic E-state index is -0.579. The molecule has 0 bridgehead atoms. The molecule has 2 aromatic rings. The van der Waals surface area contributed by atoms with E-state index in [1.54, 1.807) is 29.2 Å². The lowest BCUT2D eigenvalue weighted by atomic mass is 10.2. The Kier molecular flexibility index (Phi) is 5.78. The highest BCUT2D eigenvalue weighted by Crippen LogP contribution is 2.10. The van der Waals surface area contributed by atoms with Crippen LogP contribution in [0.3, 0.4) is 0 Å². The van der Waals surface area contributed by atoms with Crippen LogP contribution in [0.5, 0.6) is 0 Å². The lowest BCUT2D eigenvalue weighted by Gasteiger charge is -2.20. The molecule has 8 nitrogen and oxygen atoms in total. The number of hydrogen-bond acceptors (Lipinski definition) is 6. The van der Waals surface area contributed by atoms with Gasteiger partial charge in [0.25, 0.3) is 5.91 Å². The summed E-state index contributed by atoms with van der Waals surface area (Å²) in [5, 5.41) is 10.8. The van der Waals surface area contributed by atoms with Crippen LogP contribution in [-0.2, 0) is 9.53 Å². The number of amides is 1. The standard InChI is InChI=1S/C16H19N5O3/c1-4-20(9-12(2)3)15(22)10-24-16(23)13-6-5-7-14(8-13)21-11-17-18-19-21/h5-8,11H,2,4,9-10H2,1,3H3. The second-order valence-corrected chi connectivity index (χ2v) is 5.25. The molecule has 0 unspecified atom stereocenters. The van der Waals surface area contributed by atoms with E-state index in [0.717, 1.165) is 5.57 Å². The highest BCUT2D eigenvalue weighted by Gasteiger charge is 2.15. The summed E-state index contributed by atoms with van der Waals surface area (Å²) in [6.07, 6.45) is 1.42. The van der Waals surface area contributed by atoms with Crippen LogP contribution in [0.2, 0.25) is 0 Å². The van der Waals surface area contributed by atoms with Gasteiger partial charge in [-0.3, -0.25) is 4.79 Å². The maximum Gasteiger partial charge on any atom is 0.338 e. The Hall–Kier alpha value is -3.03. The summed E-state index contributed by atoms with van der Waals surface area (Å²) in [7, 11) is 0. The van der Waals surface area contributed by atoms with E-state index in [1.165, 1.54) is 11.0 Å². The van der Waals surface area contributed by atoms with Crippen molar-refractivity contribution in [3.8, 4) is 5.69 Å². The van der Waals surface area contributed by atoms with Gasteiger partial charge in [0, 0.05) is 13.1 Å². The Bertz CT molecular complexity index is 727. The molecule has 24 heavy (non-hydrogen) atoms. The molecule has 0 aliphatic rings. The molecule has 0 saturated heterocycles. The lowest BCUT2D eigenvalue weighted by Crippen LogP contribution is -2.35. The van der Waals surface area contributed by atoms with Crippen LogP contribution in [0.15, 0.2) is 42.7 Å². The fourth-order valence-corrected chi connectivity index (χ4v) is 2.06. The molecule has 1 aromatic heterocycles. The second kappa shape index (κ2) is 8.00. The van der Waals surface area contributed by atoms with Crippen molar-refractivity contribution < 1.29 is 14.3 Å². The zero-order valence-electron chi connectivity index (χ0n) is 13.7. The van der Waals surface area contributed by atoms with Gasteiger partial charge in [0.1, 0.15) is 6.33 Å². The summed E-state index contributed by atoms with van der Waals surface area (Å²) in [6, 6.07) is 6.64. The van der Waals surface area contributed by atoms with Crippen LogP contribution in [0.25, 0.3) is 5.69 Å². The fourth-order valence-electron chi connectivity index (χ4n) is 2.06. The van der Waals surface area contributed by atoms with Gasteiger partial charge in [-0.2, -0.15) is 0 Å². The van der Waals surface area contributed by atoms with Crippen molar-refractivity contribution >= 4 is 11.9 Å². The molecular formula is C16H19N5O3. The van der Waals surface area contributed by atoms with Gasteiger partial charge in [-0.05, 0) is 42.5 Å². The summed E-state index contributed by atoms with van der Waals surface area (Å²) >= 11 is 0. The molecule has 0 atom stereocenters. The first-order chi connectivity index (χ1) is 11.5. The van der Waals surface area contributed by atoms with E-state index in [-0.39, 0.29) is 12.5 Å². The van der Waals surface area contributed by atoms with Crippen molar-refractivity contribution in [2.24, 2.45) is 0 Å². The molecule has 0 saturated carbocycles. The van der Waals surface area contributed by atoms with Gasteiger partial charge in [0.15, 0.2) is 6.61 Å². The topological polar surface area (TPSA) is 90.2 Å². The summed E-state index contributed by atoms with van der Waals surface area (Å²) in [5.74, 6) is -0.838. The normalized spacial score (nSPS) is 10.2.